The summed E-state index contributed by atoms with van der Waals surface area (Å²) in [4.78, 5) is 11.6. The summed E-state index contributed by atoms with van der Waals surface area (Å²) in [5, 5.41) is 28.1. The van der Waals surface area contributed by atoms with E-state index in [0.717, 1.165) is 38.8 Å². The number of fused-ring (bicyclic) bond motifs is 2. The zero-order chi connectivity index (χ0) is 23.3. The molecule has 0 spiro atoms. The van der Waals surface area contributed by atoms with Crippen LogP contribution in [0.25, 0.3) is 27.5 Å². The van der Waals surface area contributed by atoms with E-state index in [2.05, 4.69) is 20.8 Å². The molecule has 4 aromatic rings. The van der Waals surface area contributed by atoms with Crippen LogP contribution in [-0.4, -0.2) is 38.6 Å². The predicted octanol–water partition coefficient (Wildman–Crippen LogP) is 4.79. The lowest BCUT2D eigenvalue weighted by Crippen LogP contribution is -2.24. The Morgan fingerprint density at radius 1 is 1.36 bits per heavy atom. The molecule has 2 aromatic heterocycles. The number of carboxylic acids is 1. The maximum absolute atomic E-state index is 13.8. The molecule has 0 bridgehead atoms. The number of hydrogen-bond donors (Lipinski definition) is 2. The Balaban J connectivity index is 1.87. The molecule has 1 saturated heterocycles. The highest BCUT2D eigenvalue weighted by Gasteiger charge is 2.39. The predicted molar refractivity (Wildman–Crippen MR) is 121 cm³/mol. The minimum atomic E-state index is -0.978. The van der Waals surface area contributed by atoms with Gasteiger partial charge in [0.05, 0.1) is 29.9 Å². The van der Waals surface area contributed by atoms with Crippen LogP contribution in [-0.2, 0) is 14.9 Å². The summed E-state index contributed by atoms with van der Waals surface area (Å²) < 4.78 is 21.5. The number of nitrogens with one attached hydrogen (secondary N) is 1. The SMILES string of the molecule is CC(C)(CC#N)c1c([C@H]2CO[C@H](C(=O)O)C2)c2cc3[nH]ncc3cc2n1-c1ccc(F)cc1. The summed E-state index contributed by atoms with van der Waals surface area (Å²) in [7, 11) is 0. The number of aromatic amines is 1. The summed E-state index contributed by atoms with van der Waals surface area (Å²) in [6.45, 7) is 4.29. The molecule has 168 valence electrons. The Morgan fingerprint density at radius 3 is 2.79 bits per heavy atom. The smallest absolute Gasteiger partial charge is 0.332 e. The highest BCUT2D eigenvalue weighted by molar-refractivity contribution is 5.99. The normalized spacial score (nSPS) is 18.7. The number of H-pyrrole nitrogens is 1. The summed E-state index contributed by atoms with van der Waals surface area (Å²) in [5.41, 5.74) is 3.83. The lowest BCUT2D eigenvalue weighted by Gasteiger charge is -2.28. The summed E-state index contributed by atoms with van der Waals surface area (Å²) >= 11 is 0. The van der Waals surface area contributed by atoms with E-state index in [-0.39, 0.29) is 24.8 Å². The number of nitrogens with zero attached hydrogens (tertiary/aromatic N) is 3. The van der Waals surface area contributed by atoms with Gasteiger partial charge in [-0.3, -0.25) is 5.10 Å². The second-order valence-electron chi connectivity index (χ2n) is 9.21. The maximum Gasteiger partial charge on any atom is 0.332 e. The van der Waals surface area contributed by atoms with E-state index in [1.807, 2.05) is 26.0 Å². The van der Waals surface area contributed by atoms with Crippen LogP contribution in [0, 0.1) is 17.1 Å². The van der Waals surface area contributed by atoms with E-state index < -0.39 is 17.5 Å². The van der Waals surface area contributed by atoms with E-state index in [9.17, 15) is 19.6 Å². The standard InChI is InChI=1S/C25H23FN4O3/c1-25(2,7-8-27)23-22(15-10-21(24(31)32)33-13-15)18-11-19-14(12-28-29-19)9-20(18)30(23)17-5-3-16(26)4-6-17/h3-6,9,11-12,15,21H,7,10,13H2,1-2H3,(H,28,29)(H,31,32)/t15-,21+/m1/s1. The molecule has 3 heterocycles. The van der Waals surface area contributed by atoms with Gasteiger partial charge in [0.25, 0.3) is 0 Å². The number of carbonyl (C=O) groups is 1. The Morgan fingerprint density at radius 2 is 2.12 bits per heavy atom. The molecule has 33 heavy (non-hydrogen) atoms. The summed E-state index contributed by atoms with van der Waals surface area (Å²) in [6.07, 6.45) is 1.47. The molecule has 2 aromatic carbocycles. The molecule has 8 heteroatoms. The fourth-order valence-electron chi connectivity index (χ4n) is 4.97. The second-order valence-corrected chi connectivity index (χ2v) is 9.21. The Labute approximate surface area is 189 Å². The highest BCUT2D eigenvalue weighted by atomic mass is 19.1. The zero-order valence-electron chi connectivity index (χ0n) is 18.3. The first-order chi connectivity index (χ1) is 15.8. The molecule has 0 amide bonds. The van der Waals surface area contributed by atoms with Crippen molar-refractivity contribution in [1.29, 1.82) is 5.26 Å². The van der Waals surface area contributed by atoms with Crippen molar-refractivity contribution in [3.8, 4) is 11.8 Å². The van der Waals surface area contributed by atoms with Gasteiger partial charge in [-0.1, -0.05) is 13.8 Å². The maximum atomic E-state index is 13.8. The molecule has 5 rings (SSSR count). The molecule has 2 atom stereocenters. The van der Waals surface area contributed by atoms with Crippen LogP contribution in [0.1, 0.15) is 43.9 Å². The summed E-state index contributed by atoms with van der Waals surface area (Å²) in [6, 6.07) is 12.6. The third kappa shape index (κ3) is 3.45. The van der Waals surface area contributed by atoms with Crippen molar-refractivity contribution >= 4 is 27.8 Å². The topological polar surface area (TPSA) is 104 Å². The third-order valence-electron chi connectivity index (χ3n) is 6.49. The van der Waals surface area contributed by atoms with Crippen molar-refractivity contribution in [2.75, 3.05) is 6.61 Å². The van der Waals surface area contributed by atoms with Crippen LogP contribution in [0.4, 0.5) is 4.39 Å². The van der Waals surface area contributed by atoms with Crippen molar-refractivity contribution in [1.82, 2.24) is 14.8 Å². The fourth-order valence-corrected chi connectivity index (χ4v) is 4.97. The van der Waals surface area contributed by atoms with Gasteiger partial charge in [0.1, 0.15) is 5.82 Å². The van der Waals surface area contributed by atoms with Crippen molar-refractivity contribution in [2.45, 2.75) is 44.1 Å². The number of halogens is 1. The van der Waals surface area contributed by atoms with Gasteiger partial charge in [0, 0.05) is 39.9 Å². The molecular weight excluding hydrogens is 423 g/mol. The van der Waals surface area contributed by atoms with Gasteiger partial charge in [-0.05, 0) is 48.4 Å². The molecule has 1 aliphatic heterocycles. The van der Waals surface area contributed by atoms with E-state index >= 15 is 0 Å². The van der Waals surface area contributed by atoms with Crippen LogP contribution in [0.3, 0.4) is 0 Å². The molecule has 0 radical (unpaired) electrons. The lowest BCUT2D eigenvalue weighted by atomic mass is 9.79. The molecule has 0 aliphatic carbocycles. The third-order valence-corrected chi connectivity index (χ3v) is 6.49. The van der Waals surface area contributed by atoms with Gasteiger partial charge < -0.3 is 14.4 Å². The van der Waals surface area contributed by atoms with E-state index in [1.54, 1.807) is 18.3 Å². The van der Waals surface area contributed by atoms with Gasteiger partial charge >= 0.3 is 5.97 Å². The first-order valence-electron chi connectivity index (χ1n) is 10.8. The van der Waals surface area contributed by atoms with Crippen molar-refractivity contribution in [3.05, 3.63) is 59.7 Å². The Hall–Kier alpha value is -3.70. The van der Waals surface area contributed by atoms with Crippen LogP contribution < -0.4 is 0 Å². The monoisotopic (exact) mass is 446 g/mol. The molecular formula is C25H23FN4O3. The van der Waals surface area contributed by atoms with Gasteiger partial charge in [-0.2, -0.15) is 10.4 Å². The van der Waals surface area contributed by atoms with Gasteiger partial charge in [0.15, 0.2) is 6.10 Å². The number of aliphatic carboxylic acids is 1. The van der Waals surface area contributed by atoms with Gasteiger partial charge in [-0.15, -0.1) is 0 Å². The first kappa shape index (κ1) is 21.2. The number of nitriles is 1. The number of rotatable bonds is 5. The number of ether oxygens (including phenoxy) is 1. The largest absolute Gasteiger partial charge is 0.479 e. The molecule has 0 saturated carbocycles. The molecule has 1 aliphatic rings. The van der Waals surface area contributed by atoms with Crippen LogP contribution >= 0.6 is 0 Å². The van der Waals surface area contributed by atoms with E-state index in [4.69, 9.17) is 4.74 Å². The van der Waals surface area contributed by atoms with E-state index in [1.165, 1.54) is 12.1 Å². The molecule has 2 N–H and O–H groups in total. The zero-order valence-corrected chi connectivity index (χ0v) is 18.3. The Bertz CT molecular complexity index is 1410. The average Bonchev–Trinajstić information content (AvgIpc) is 3.49. The van der Waals surface area contributed by atoms with E-state index in [0.29, 0.717) is 6.42 Å². The van der Waals surface area contributed by atoms with Gasteiger partial charge in [0.2, 0.25) is 0 Å². The average molecular weight is 446 g/mol. The number of benzene rings is 2. The molecule has 7 nitrogen and oxygen atoms in total. The molecule has 0 unspecified atom stereocenters. The van der Waals surface area contributed by atoms with Crippen molar-refractivity contribution in [3.63, 3.8) is 0 Å². The van der Waals surface area contributed by atoms with Crippen molar-refractivity contribution in [2.24, 2.45) is 0 Å². The van der Waals surface area contributed by atoms with Crippen molar-refractivity contribution < 1.29 is 19.0 Å². The second kappa shape index (κ2) is 7.71. The minimum absolute atomic E-state index is 0.163. The summed E-state index contributed by atoms with van der Waals surface area (Å²) in [5.74, 6) is -1.48. The Kier molecular flexibility index (Phi) is 4.94. The first-order valence-corrected chi connectivity index (χ1v) is 10.8. The van der Waals surface area contributed by atoms with Crippen LogP contribution in [0.5, 0.6) is 0 Å². The molecule has 1 fully saturated rings. The quantitative estimate of drug-likeness (QED) is 0.459. The minimum Gasteiger partial charge on any atom is -0.479 e. The number of hydrogen-bond acceptors (Lipinski definition) is 4. The fraction of sp³-hybridized carbons (Fsp3) is 0.320. The van der Waals surface area contributed by atoms with Crippen LogP contribution in [0.15, 0.2) is 42.6 Å². The highest BCUT2D eigenvalue weighted by Crippen LogP contribution is 2.45. The lowest BCUT2D eigenvalue weighted by molar-refractivity contribution is -0.147. The number of aromatic nitrogens is 3. The number of carboxylic acid groups (broad SMARTS) is 1. The van der Waals surface area contributed by atoms with Gasteiger partial charge in [-0.25, -0.2) is 9.18 Å². The van der Waals surface area contributed by atoms with Crippen LogP contribution in [0.2, 0.25) is 0 Å².